The minimum atomic E-state index is 0.948. The van der Waals surface area contributed by atoms with Crippen molar-refractivity contribution in [1.29, 1.82) is 0 Å². The van der Waals surface area contributed by atoms with Crippen molar-refractivity contribution in [2.75, 3.05) is 18.0 Å². The van der Waals surface area contributed by atoms with Crippen molar-refractivity contribution in [3.63, 3.8) is 0 Å². The van der Waals surface area contributed by atoms with E-state index >= 15 is 0 Å². The van der Waals surface area contributed by atoms with Gasteiger partial charge in [-0.25, -0.2) is 0 Å². The Kier molecular flexibility index (Phi) is 4.67. The SMILES string of the molecule is CCN(CC)c1ccc(C=Nc2ccnc3ccccc23)cc1. The third-order valence-electron chi connectivity index (χ3n) is 4.00. The molecule has 0 fully saturated rings. The Morgan fingerprint density at radius 3 is 2.43 bits per heavy atom. The number of aliphatic imine (C=N–C) groups is 1. The molecule has 0 amide bonds. The fraction of sp³-hybridized carbons (Fsp3) is 0.200. The Hall–Kier alpha value is -2.68. The van der Waals surface area contributed by atoms with Gasteiger partial charge in [0, 0.05) is 36.6 Å². The second-order valence-electron chi connectivity index (χ2n) is 5.37. The average molecular weight is 303 g/mol. The molecule has 3 aromatic rings. The molecule has 0 spiro atoms. The molecule has 0 aliphatic heterocycles. The molecule has 116 valence electrons. The number of rotatable bonds is 5. The van der Waals surface area contributed by atoms with Gasteiger partial charge in [0.2, 0.25) is 0 Å². The third kappa shape index (κ3) is 3.39. The highest BCUT2D eigenvalue weighted by molar-refractivity contribution is 5.93. The van der Waals surface area contributed by atoms with Crippen molar-refractivity contribution >= 4 is 28.5 Å². The van der Waals surface area contributed by atoms with Crippen LogP contribution in [0, 0.1) is 0 Å². The number of anilines is 1. The van der Waals surface area contributed by atoms with Crippen LogP contribution in [0.3, 0.4) is 0 Å². The van der Waals surface area contributed by atoms with E-state index in [-0.39, 0.29) is 0 Å². The quantitative estimate of drug-likeness (QED) is 0.631. The minimum Gasteiger partial charge on any atom is -0.372 e. The molecule has 2 aromatic carbocycles. The highest BCUT2D eigenvalue weighted by Gasteiger charge is 2.01. The van der Waals surface area contributed by atoms with Crippen LogP contribution in [0.25, 0.3) is 10.9 Å². The van der Waals surface area contributed by atoms with Crippen LogP contribution < -0.4 is 4.90 Å². The van der Waals surface area contributed by atoms with Crippen molar-refractivity contribution in [3.05, 3.63) is 66.4 Å². The van der Waals surface area contributed by atoms with E-state index in [0.717, 1.165) is 35.2 Å². The van der Waals surface area contributed by atoms with Crippen LogP contribution in [0.1, 0.15) is 19.4 Å². The first-order chi connectivity index (χ1) is 11.3. The fourth-order valence-electron chi connectivity index (χ4n) is 2.70. The summed E-state index contributed by atoms with van der Waals surface area (Å²) in [4.78, 5) is 11.3. The molecule has 0 aliphatic carbocycles. The van der Waals surface area contributed by atoms with Crippen LogP contribution in [-0.4, -0.2) is 24.3 Å². The lowest BCUT2D eigenvalue weighted by Crippen LogP contribution is -2.21. The van der Waals surface area contributed by atoms with E-state index in [4.69, 9.17) is 0 Å². The molecule has 0 unspecified atom stereocenters. The lowest BCUT2D eigenvalue weighted by Gasteiger charge is -2.20. The number of nitrogens with zero attached hydrogens (tertiary/aromatic N) is 3. The van der Waals surface area contributed by atoms with E-state index in [9.17, 15) is 0 Å². The third-order valence-corrected chi connectivity index (χ3v) is 4.00. The predicted molar refractivity (Wildman–Crippen MR) is 99.0 cm³/mol. The number of hydrogen-bond donors (Lipinski definition) is 0. The van der Waals surface area contributed by atoms with Gasteiger partial charge in [0.15, 0.2) is 0 Å². The molecule has 1 heterocycles. The van der Waals surface area contributed by atoms with Gasteiger partial charge >= 0.3 is 0 Å². The summed E-state index contributed by atoms with van der Waals surface area (Å²) in [5, 5.41) is 1.08. The van der Waals surface area contributed by atoms with Crippen LogP contribution in [0.2, 0.25) is 0 Å². The standard InChI is InChI=1S/C20H21N3/c1-3-23(4-2)17-11-9-16(10-12-17)15-22-20-13-14-21-19-8-6-5-7-18(19)20/h5-15H,3-4H2,1-2H3. The van der Waals surface area contributed by atoms with Gasteiger partial charge in [-0.3, -0.25) is 9.98 Å². The van der Waals surface area contributed by atoms with E-state index in [1.807, 2.05) is 30.5 Å². The van der Waals surface area contributed by atoms with Gasteiger partial charge in [-0.15, -0.1) is 0 Å². The van der Waals surface area contributed by atoms with Gasteiger partial charge in [0.05, 0.1) is 11.2 Å². The molecule has 0 saturated heterocycles. The largest absolute Gasteiger partial charge is 0.372 e. The molecule has 3 nitrogen and oxygen atoms in total. The lowest BCUT2D eigenvalue weighted by atomic mass is 10.2. The summed E-state index contributed by atoms with van der Waals surface area (Å²) in [6.45, 7) is 6.39. The molecule has 23 heavy (non-hydrogen) atoms. The van der Waals surface area contributed by atoms with E-state index in [1.165, 1.54) is 5.69 Å². The number of pyridine rings is 1. The highest BCUT2D eigenvalue weighted by atomic mass is 15.1. The normalized spacial score (nSPS) is 11.2. The monoisotopic (exact) mass is 303 g/mol. The topological polar surface area (TPSA) is 28.5 Å². The van der Waals surface area contributed by atoms with Crippen molar-refractivity contribution in [1.82, 2.24) is 4.98 Å². The van der Waals surface area contributed by atoms with Gasteiger partial charge in [-0.1, -0.05) is 30.3 Å². The van der Waals surface area contributed by atoms with Gasteiger partial charge in [-0.2, -0.15) is 0 Å². The zero-order valence-electron chi connectivity index (χ0n) is 13.6. The molecule has 0 N–H and O–H groups in total. The summed E-state index contributed by atoms with van der Waals surface area (Å²) in [6.07, 6.45) is 3.71. The van der Waals surface area contributed by atoms with Crippen molar-refractivity contribution in [2.45, 2.75) is 13.8 Å². The minimum absolute atomic E-state index is 0.948. The smallest absolute Gasteiger partial charge is 0.0739 e. The summed E-state index contributed by atoms with van der Waals surface area (Å²) >= 11 is 0. The first-order valence-corrected chi connectivity index (χ1v) is 8.04. The van der Waals surface area contributed by atoms with Crippen LogP contribution in [0.5, 0.6) is 0 Å². The van der Waals surface area contributed by atoms with Gasteiger partial charge in [0.1, 0.15) is 0 Å². The Bertz CT molecular complexity index is 797. The summed E-state index contributed by atoms with van der Waals surface area (Å²) in [5.74, 6) is 0. The van der Waals surface area contributed by atoms with E-state index in [0.29, 0.717) is 0 Å². The molecule has 1 aromatic heterocycles. The second kappa shape index (κ2) is 7.05. The second-order valence-corrected chi connectivity index (χ2v) is 5.37. The first kappa shape index (κ1) is 15.2. The van der Waals surface area contributed by atoms with Crippen molar-refractivity contribution in [2.24, 2.45) is 4.99 Å². The lowest BCUT2D eigenvalue weighted by molar-refractivity contribution is 0.866. The van der Waals surface area contributed by atoms with Crippen LogP contribution in [0.15, 0.2) is 65.8 Å². The number of aromatic nitrogens is 1. The number of para-hydroxylation sites is 1. The van der Waals surface area contributed by atoms with Crippen LogP contribution in [0.4, 0.5) is 11.4 Å². The van der Waals surface area contributed by atoms with E-state index in [2.05, 4.69) is 59.1 Å². The van der Waals surface area contributed by atoms with Gasteiger partial charge in [-0.05, 0) is 43.7 Å². The predicted octanol–water partition coefficient (Wildman–Crippen LogP) is 4.83. The maximum Gasteiger partial charge on any atom is 0.0739 e. The number of fused-ring (bicyclic) bond motifs is 1. The highest BCUT2D eigenvalue weighted by Crippen LogP contribution is 2.23. The Morgan fingerprint density at radius 1 is 0.957 bits per heavy atom. The Labute approximate surface area is 137 Å². The molecular weight excluding hydrogens is 282 g/mol. The van der Waals surface area contributed by atoms with Gasteiger partial charge in [0.25, 0.3) is 0 Å². The van der Waals surface area contributed by atoms with Crippen molar-refractivity contribution in [3.8, 4) is 0 Å². The Balaban J connectivity index is 1.85. The molecule has 0 saturated carbocycles. The molecule has 3 heteroatoms. The van der Waals surface area contributed by atoms with Gasteiger partial charge < -0.3 is 4.90 Å². The summed E-state index contributed by atoms with van der Waals surface area (Å²) in [7, 11) is 0. The molecule has 0 radical (unpaired) electrons. The number of benzene rings is 2. The zero-order chi connectivity index (χ0) is 16.1. The number of hydrogen-bond acceptors (Lipinski definition) is 3. The summed E-state index contributed by atoms with van der Waals surface area (Å²) in [6, 6.07) is 18.5. The van der Waals surface area contributed by atoms with E-state index < -0.39 is 0 Å². The summed E-state index contributed by atoms with van der Waals surface area (Å²) < 4.78 is 0. The average Bonchev–Trinajstić information content (AvgIpc) is 2.62. The first-order valence-electron chi connectivity index (χ1n) is 8.04. The summed E-state index contributed by atoms with van der Waals surface area (Å²) in [5.41, 5.74) is 4.27. The van der Waals surface area contributed by atoms with Crippen LogP contribution >= 0.6 is 0 Å². The molecule has 0 aliphatic rings. The van der Waals surface area contributed by atoms with Crippen molar-refractivity contribution < 1.29 is 0 Å². The molecule has 0 bridgehead atoms. The molecular formula is C20H21N3. The zero-order valence-corrected chi connectivity index (χ0v) is 13.6. The van der Waals surface area contributed by atoms with E-state index in [1.54, 1.807) is 6.20 Å². The Morgan fingerprint density at radius 2 is 1.70 bits per heavy atom. The molecule has 0 atom stereocenters. The van der Waals surface area contributed by atoms with Crippen LogP contribution in [-0.2, 0) is 0 Å². The molecule has 3 rings (SSSR count). The fourth-order valence-corrected chi connectivity index (χ4v) is 2.70. The maximum atomic E-state index is 4.64. The maximum absolute atomic E-state index is 4.64.